The Morgan fingerprint density at radius 3 is 1.18 bits per heavy atom. The average Bonchev–Trinajstić information content (AvgIpc) is 2.80. The molecule has 0 aliphatic heterocycles. The quantitative estimate of drug-likeness (QED) is 0.231. The van der Waals surface area contributed by atoms with E-state index in [2.05, 4.69) is 105 Å². The minimum absolute atomic E-state index is 0.192. The van der Waals surface area contributed by atoms with Gasteiger partial charge in [-0.2, -0.15) is 0 Å². The minimum Gasteiger partial charge on any atom is -0.507 e. The summed E-state index contributed by atoms with van der Waals surface area (Å²) in [7, 11) is -3.25. The lowest BCUT2D eigenvalue weighted by molar-refractivity contribution is 0.445. The van der Waals surface area contributed by atoms with Crippen molar-refractivity contribution in [2.75, 3.05) is 0 Å². The van der Waals surface area contributed by atoms with Crippen LogP contribution >= 0.6 is 0 Å². The van der Waals surface area contributed by atoms with Crippen molar-refractivity contribution in [2.24, 2.45) is 9.98 Å². The van der Waals surface area contributed by atoms with Crippen LogP contribution in [0.15, 0.2) is 58.5 Å². The number of rotatable bonds is 6. The maximum Gasteiger partial charge on any atom is 0.128 e. The van der Waals surface area contributed by atoms with Gasteiger partial charge in [0.1, 0.15) is 11.5 Å². The van der Waals surface area contributed by atoms with Crippen LogP contribution < -0.4 is 10.4 Å². The molecule has 0 aliphatic carbocycles. The predicted octanol–water partition coefficient (Wildman–Crippen LogP) is 8.28. The van der Waals surface area contributed by atoms with E-state index in [0.717, 1.165) is 22.3 Å². The largest absolute Gasteiger partial charge is 0.507 e. The number of aliphatic imine (C=N–C) groups is 2. The molecule has 0 atom stereocenters. The Bertz CT molecular complexity index is 1330. The Kier molecular flexibility index (Phi) is 8.78. The van der Waals surface area contributed by atoms with Gasteiger partial charge in [0.15, 0.2) is 0 Å². The van der Waals surface area contributed by atoms with Gasteiger partial charge in [-0.25, -0.2) is 0 Å². The van der Waals surface area contributed by atoms with E-state index in [9.17, 15) is 10.2 Å². The monoisotopic (exact) mass is 572 g/mol. The van der Waals surface area contributed by atoms with Crippen molar-refractivity contribution in [3.8, 4) is 11.5 Å². The fourth-order valence-corrected chi connectivity index (χ4v) is 6.81. The summed E-state index contributed by atoms with van der Waals surface area (Å²) < 4.78 is 0. The summed E-state index contributed by atoms with van der Waals surface area (Å²) in [4.78, 5) is 9.59. The highest BCUT2D eigenvalue weighted by Gasteiger charge is 2.26. The summed E-state index contributed by atoms with van der Waals surface area (Å²) in [6.07, 6.45) is 3.51. The van der Waals surface area contributed by atoms with E-state index in [1.54, 1.807) is 12.4 Å². The van der Waals surface area contributed by atoms with Crippen molar-refractivity contribution in [3.05, 3.63) is 70.8 Å². The highest BCUT2D eigenvalue weighted by Crippen LogP contribution is 2.35. The number of aromatic hydroxyl groups is 2. The summed E-state index contributed by atoms with van der Waals surface area (Å²) in [6.45, 7) is 26.6. The maximum atomic E-state index is 11.2. The first-order chi connectivity index (χ1) is 18.2. The van der Waals surface area contributed by atoms with Crippen molar-refractivity contribution in [1.29, 1.82) is 0 Å². The second-order valence-electron chi connectivity index (χ2n) is 14.9. The number of hydrogen-bond acceptors (Lipinski definition) is 4. The molecule has 3 rings (SSSR count). The van der Waals surface area contributed by atoms with Gasteiger partial charge in [0.2, 0.25) is 0 Å². The fourth-order valence-electron chi connectivity index (χ4n) is 4.48. The molecule has 40 heavy (non-hydrogen) atoms. The van der Waals surface area contributed by atoms with E-state index < -0.39 is 16.1 Å². The van der Waals surface area contributed by atoms with Crippen LogP contribution in [0.1, 0.15) is 63.8 Å². The summed E-state index contributed by atoms with van der Waals surface area (Å²) in [5.74, 6) is 0.559. The standard InChI is InChI=1S/C34H48N2O2Si2/c1-33(2,3)27-19-25(39(7,8)9)17-23(31(27)37)21-35-29-15-13-14-16-30(29)36-22-24-18-26(40(10,11)12)20-28(32(24)38)34(4,5)6/h13-22,37-38H,1-12H3. The van der Waals surface area contributed by atoms with Gasteiger partial charge in [-0.3, -0.25) is 9.98 Å². The molecule has 0 radical (unpaired) electrons. The second-order valence-corrected chi connectivity index (χ2v) is 25.1. The van der Waals surface area contributed by atoms with Gasteiger partial charge < -0.3 is 10.2 Å². The van der Waals surface area contributed by atoms with Crippen molar-refractivity contribution in [1.82, 2.24) is 0 Å². The molecule has 0 bridgehead atoms. The van der Waals surface area contributed by atoms with Crippen molar-refractivity contribution in [3.63, 3.8) is 0 Å². The summed E-state index contributed by atoms with van der Waals surface area (Å²) >= 11 is 0. The molecule has 0 fully saturated rings. The Morgan fingerprint density at radius 1 is 0.575 bits per heavy atom. The van der Waals surface area contributed by atoms with Crippen LogP contribution in [0.25, 0.3) is 0 Å². The summed E-state index contributed by atoms with van der Waals surface area (Å²) in [6, 6.07) is 16.2. The first kappa shape index (κ1) is 31.6. The van der Waals surface area contributed by atoms with Crippen LogP contribution in [0.3, 0.4) is 0 Å². The summed E-state index contributed by atoms with van der Waals surface area (Å²) in [5, 5.41) is 25.0. The van der Waals surface area contributed by atoms with Crippen molar-refractivity contribution in [2.45, 2.75) is 91.7 Å². The van der Waals surface area contributed by atoms with Crippen LogP contribution in [0.4, 0.5) is 11.4 Å². The number of phenols is 2. The van der Waals surface area contributed by atoms with Crippen molar-refractivity contribution < 1.29 is 10.2 Å². The van der Waals surface area contributed by atoms with Crippen LogP contribution in [0.2, 0.25) is 39.3 Å². The Balaban J connectivity index is 2.10. The first-order valence-corrected chi connectivity index (χ1v) is 21.1. The van der Waals surface area contributed by atoms with Crippen LogP contribution in [-0.4, -0.2) is 38.8 Å². The molecule has 3 aromatic rings. The molecular weight excluding hydrogens is 525 g/mol. The zero-order chi connectivity index (χ0) is 30.3. The minimum atomic E-state index is -1.63. The molecule has 3 aromatic carbocycles. The number of para-hydroxylation sites is 2. The van der Waals surface area contributed by atoms with Gasteiger partial charge in [-0.15, -0.1) is 0 Å². The smallest absolute Gasteiger partial charge is 0.128 e. The van der Waals surface area contributed by atoms with Crippen LogP contribution in [-0.2, 0) is 10.8 Å². The average molecular weight is 573 g/mol. The third-order valence-corrected chi connectivity index (χ3v) is 11.2. The molecule has 0 amide bonds. The lowest BCUT2D eigenvalue weighted by Crippen LogP contribution is -2.38. The molecule has 0 heterocycles. The van der Waals surface area contributed by atoms with E-state index in [4.69, 9.17) is 9.98 Å². The molecule has 0 aromatic heterocycles. The molecule has 6 heteroatoms. The topological polar surface area (TPSA) is 65.2 Å². The normalized spacial score (nSPS) is 13.5. The summed E-state index contributed by atoms with van der Waals surface area (Å²) in [5.41, 5.74) is 4.33. The first-order valence-electron chi connectivity index (χ1n) is 14.1. The molecule has 0 aliphatic rings. The van der Waals surface area contributed by atoms with Gasteiger partial charge in [0.25, 0.3) is 0 Å². The number of hydrogen-bond donors (Lipinski definition) is 2. The number of nitrogens with zero attached hydrogens (tertiary/aromatic N) is 2. The molecule has 0 saturated heterocycles. The molecular formula is C34H48N2O2Si2. The fraction of sp³-hybridized carbons (Fsp3) is 0.412. The molecule has 0 saturated carbocycles. The SMILES string of the molecule is CC(C)(C)c1cc([Si](C)(C)C)cc(C=Nc2ccccc2N=Cc2cc([Si](C)(C)C)cc(C(C)(C)C)c2O)c1O. The lowest BCUT2D eigenvalue weighted by atomic mass is 9.85. The van der Waals surface area contributed by atoms with Crippen LogP contribution in [0.5, 0.6) is 11.5 Å². The third kappa shape index (κ3) is 7.40. The van der Waals surface area contributed by atoms with E-state index in [-0.39, 0.29) is 22.3 Å². The highest BCUT2D eigenvalue weighted by molar-refractivity contribution is 6.89. The second kappa shape index (κ2) is 11.1. The zero-order valence-electron chi connectivity index (χ0n) is 26.6. The van der Waals surface area contributed by atoms with Gasteiger partial charge in [-0.05, 0) is 34.1 Å². The van der Waals surface area contributed by atoms with Crippen LogP contribution in [0, 0.1) is 0 Å². The number of phenolic OH excluding ortho intramolecular Hbond substituents is 2. The maximum absolute atomic E-state index is 11.2. The molecule has 4 nitrogen and oxygen atoms in total. The van der Waals surface area contributed by atoms with Gasteiger partial charge in [-0.1, -0.05) is 128 Å². The molecule has 2 N–H and O–H groups in total. The molecule has 0 unspecified atom stereocenters. The lowest BCUT2D eigenvalue weighted by Gasteiger charge is -2.26. The third-order valence-electron chi connectivity index (χ3n) is 7.19. The van der Waals surface area contributed by atoms with E-state index in [1.807, 2.05) is 24.3 Å². The van der Waals surface area contributed by atoms with E-state index in [0.29, 0.717) is 11.4 Å². The molecule has 214 valence electrons. The van der Waals surface area contributed by atoms with E-state index in [1.165, 1.54) is 10.4 Å². The van der Waals surface area contributed by atoms with Gasteiger partial charge >= 0.3 is 0 Å². The van der Waals surface area contributed by atoms with Gasteiger partial charge in [0, 0.05) is 23.6 Å². The Labute approximate surface area is 244 Å². The Hall–Kier alpha value is -2.97. The highest BCUT2D eigenvalue weighted by atomic mass is 28.3. The predicted molar refractivity (Wildman–Crippen MR) is 181 cm³/mol. The zero-order valence-corrected chi connectivity index (χ0v) is 28.6. The van der Waals surface area contributed by atoms with Crippen molar-refractivity contribution >= 4 is 50.3 Å². The van der Waals surface area contributed by atoms with Gasteiger partial charge in [0.05, 0.1) is 27.5 Å². The Morgan fingerprint density at radius 2 is 0.900 bits per heavy atom. The number of benzene rings is 3. The van der Waals surface area contributed by atoms with E-state index >= 15 is 0 Å². The molecule has 0 spiro atoms.